The van der Waals surface area contributed by atoms with E-state index >= 15 is 0 Å². The van der Waals surface area contributed by atoms with Crippen LogP contribution >= 0.6 is 0 Å². The minimum Gasteiger partial charge on any atom is -0.494 e. The second-order valence-corrected chi connectivity index (χ2v) is 5.96. The molecule has 0 saturated carbocycles. The van der Waals surface area contributed by atoms with Crippen molar-refractivity contribution in [3.63, 3.8) is 0 Å². The highest BCUT2D eigenvalue weighted by molar-refractivity contribution is 5.31. The molecule has 2 rings (SSSR count). The van der Waals surface area contributed by atoms with Gasteiger partial charge in [0.2, 0.25) is 0 Å². The predicted molar refractivity (Wildman–Crippen MR) is 92.3 cm³/mol. The molecule has 1 fully saturated rings. The van der Waals surface area contributed by atoms with E-state index in [9.17, 15) is 5.11 Å². The van der Waals surface area contributed by atoms with Gasteiger partial charge in [-0.3, -0.25) is 4.90 Å². The van der Waals surface area contributed by atoms with Crippen LogP contribution in [0.5, 0.6) is 11.5 Å². The molecule has 0 radical (unpaired) electrons. The first-order valence-electron chi connectivity index (χ1n) is 8.69. The first-order valence-corrected chi connectivity index (χ1v) is 8.69. The number of hydrogen-bond donors (Lipinski definition) is 1. The van der Waals surface area contributed by atoms with Crippen molar-refractivity contribution in [1.82, 2.24) is 9.80 Å². The van der Waals surface area contributed by atoms with E-state index in [1.807, 2.05) is 31.2 Å². The number of hydrogen-bond acceptors (Lipinski definition) is 5. The molecule has 1 aliphatic heterocycles. The smallest absolute Gasteiger partial charge is 0.119 e. The standard InChI is InChI=1S/C18H30N2O3/c1-3-19-10-5-11-20(13-12-19)14-16(21)15-23-18-8-6-17(7-9-18)22-4-2/h6-9,16,21H,3-5,10-15H2,1-2H3. The third-order valence-electron chi connectivity index (χ3n) is 4.17. The van der Waals surface area contributed by atoms with Gasteiger partial charge in [0.05, 0.1) is 6.61 Å². The fourth-order valence-electron chi connectivity index (χ4n) is 2.87. The minimum atomic E-state index is -0.463. The summed E-state index contributed by atoms with van der Waals surface area (Å²) in [6, 6.07) is 7.53. The van der Waals surface area contributed by atoms with Crippen LogP contribution in [-0.4, -0.2) is 73.5 Å². The Kier molecular flexibility index (Phi) is 7.65. The van der Waals surface area contributed by atoms with Crippen LogP contribution in [0.1, 0.15) is 20.3 Å². The van der Waals surface area contributed by atoms with Crippen molar-refractivity contribution in [2.24, 2.45) is 0 Å². The molecule has 1 saturated heterocycles. The Morgan fingerprint density at radius 1 is 0.957 bits per heavy atom. The fraction of sp³-hybridized carbons (Fsp3) is 0.667. The second-order valence-electron chi connectivity index (χ2n) is 5.96. The lowest BCUT2D eigenvalue weighted by molar-refractivity contribution is 0.0694. The van der Waals surface area contributed by atoms with Gasteiger partial charge in [-0.1, -0.05) is 6.92 Å². The van der Waals surface area contributed by atoms with Gasteiger partial charge in [-0.2, -0.15) is 0 Å². The summed E-state index contributed by atoms with van der Waals surface area (Å²) in [7, 11) is 0. The van der Waals surface area contributed by atoms with E-state index in [4.69, 9.17) is 9.47 Å². The van der Waals surface area contributed by atoms with Gasteiger partial charge >= 0.3 is 0 Å². The number of rotatable bonds is 8. The van der Waals surface area contributed by atoms with E-state index in [1.165, 1.54) is 6.42 Å². The van der Waals surface area contributed by atoms with Crippen LogP contribution in [0, 0.1) is 0 Å². The summed E-state index contributed by atoms with van der Waals surface area (Å²) in [5.74, 6) is 1.60. The molecule has 5 heteroatoms. The predicted octanol–water partition coefficient (Wildman–Crippen LogP) is 1.85. The van der Waals surface area contributed by atoms with Crippen molar-refractivity contribution in [2.75, 3.05) is 52.5 Å². The molecule has 130 valence electrons. The van der Waals surface area contributed by atoms with Gasteiger partial charge in [0.15, 0.2) is 0 Å². The Hall–Kier alpha value is -1.30. The molecule has 1 atom stereocenters. The largest absolute Gasteiger partial charge is 0.494 e. The average molecular weight is 322 g/mol. The highest BCUT2D eigenvalue weighted by atomic mass is 16.5. The number of β-amino-alcohol motifs (C(OH)–C–C–N with tert-alkyl or cyclic N) is 1. The first kappa shape index (κ1) is 18.0. The van der Waals surface area contributed by atoms with Gasteiger partial charge < -0.3 is 19.5 Å². The number of likely N-dealkylation sites (N-methyl/N-ethyl adjacent to an activating group) is 1. The highest BCUT2D eigenvalue weighted by Crippen LogP contribution is 2.17. The Bertz CT molecular complexity index is 438. The van der Waals surface area contributed by atoms with Crippen molar-refractivity contribution >= 4 is 0 Å². The zero-order chi connectivity index (χ0) is 16.5. The Labute approximate surface area is 139 Å². The number of aliphatic hydroxyl groups is 1. The SMILES string of the molecule is CCOc1ccc(OCC(O)CN2CCCN(CC)CC2)cc1. The van der Waals surface area contributed by atoms with Crippen molar-refractivity contribution in [3.8, 4) is 11.5 Å². The molecule has 0 bridgehead atoms. The van der Waals surface area contributed by atoms with Gasteiger partial charge in [-0.05, 0) is 57.2 Å². The summed E-state index contributed by atoms with van der Waals surface area (Å²) in [4.78, 5) is 4.80. The molecule has 1 N–H and O–H groups in total. The molecule has 1 aliphatic rings. The normalized spacial score (nSPS) is 18.4. The van der Waals surface area contributed by atoms with E-state index in [0.29, 0.717) is 19.8 Å². The van der Waals surface area contributed by atoms with Crippen LogP contribution in [0.2, 0.25) is 0 Å². The molecular weight excluding hydrogens is 292 g/mol. The average Bonchev–Trinajstić information content (AvgIpc) is 2.79. The van der Waals surface area contributed by atoms with Crippen molar-refractivity contribution in [2.45, 2.75) is 26.4 Å². The van der Waals surface area contributed by atoms with Crippen molar-refractivity contribution in [3.05, 3.63) is 24.3 Å². The van der Waals surface area contributed by atoms with Gasteiger partial charge in [0.25, 0.3) is 0 Å². The molecule has 1 aromatic carbocycles. The third-order valence-corrected chi connectivity index (χ3v) is 4.17. The summed E-state index contributed by atoms with van der Waals surface area (Å²) in [6.45, 7) is 11.2. The molecule has 5 nitrogen and oxygen atoms in total. The monoisotopic (exact) mass is 322 g/mol. The van der Waals surface area contributed by atoms with E-state index < -0.39 is 6.10 Å². The summed E-state index contributed by atoms with van der Waals surface area (Å²) in [6.07, 6.45) is 0.704. The van der Waals surface area contributed by atoms with Crippen LogP contribution in [0.3, 0.4) is 0 Å². The summed E-state index contributed by atoms with van der Waals surface area (Å²) < 4.78 is 11.1. The Balaban J connectivity index is 1.71. The highest BCUT2D eigenvalue weighted by Gasteiger charge is 2.16. The minimum absolute atomic E-state index is 0.321. The van der Waals surface area contributed by atoms with Crippen LogP contribution < -0.4 is 9.47 Å². The number of nitrogens with zero attached hydrogens (tertiary/aromatic N) is 2. The fourth-order valence-corrected chi connectivity index (χ4v) is 2.87. The lowest BCUT2D eigenvalue weighted by Crippen LogP contribution is -2.38. The van der Waals surface area contributed by atoms with Crippen LogP contribution in [-0.2, 0) is 0 Å². The molecule has 1 aromatic rings. The lowest BCUT2D eigenvalue weighted by atomic mass is 10.3. The number of aliphatic hydroxyl groups excluding tert-OH is 1. The molecule has 0 aromatic heterocycles. The molecular formula is C18H30N2O3. The number of ether oxygens (including phenoxy) is 2. The summed E-state index contributed by atoms with van der Waals surface area (Å²) >= 11 is 0. The summed E-state index contributed by atoms with van der Waals surface area (Å²) in [5.41, 5.74) is 0. The zero-order valence-corrected chi connectivity index (χ0v) is 14.4. The zero-order valence-electron chi connectivity index (χ0n) is 14.4. The van der Waals surface area contributed by atoms with Gasteiger partial charge in [-0.15, -0.1) is 0 Å². The van der Waals surface area contributed by atoms with E-state index in [1.54, 1.807) is 0 Å². The van der Waals surface area contributed by atoms with Gasteiger partial charge in [-0.25, -0.2) is 0 Å². The molecule has 23 heavy (non-hydrogen) atoms. The Morgan fingerprint density at radius 2 is 1.57 bits per heavy atom. The van der Waals surface area contributed by atoms with E-state index in [0.717, 1.165) is 44.2 Å². The van der Waals surface area contributed by atoms with Crippen LogP contribution in [0.15, 0.2) is 24.3 Å². The molecule has 1 heterocycles. The van der Waals surface area contributed by atoms with Gasteiger partial charge in [0.1, 0.15) is 24.2 Å². The summed E-state index contributed by atoms with van der Waals surface area (Å²) in [5, 5.41) is 10.2. The van der Waals surface area contributed by atoms with Crippen LogP contribution in [0.25, 0.3) is 0 Å². The number of benzene rings is 1. The Morgan fingerprint density at radius 3 is 2.22 bits per heavy atom. The molecule has 0 aliphatic carbocycles. The van der Waals surface area contributed by atoms with Crippen molar-refractivity contribution in [1.29, 1.82) is 0 Å². The maximum absolute atomic E-state index is 10.2. The molecule has 1 unspecified atom stereocenters. The maximum atomic E-state index is 10.2. The van der Waals surface area contributed by atoms with E-state index in [2.05, 4.69) is 16.7 Å². The van der Waals surface area contributed by atoms with Crippen LogP contribution in [0.4, 0.5) is 0 Å². The van der Waals surface area contributed by atoms with Gasteiger partial charge in [0, 0.05) is 19.6 Å². The molecule has 0 amide bonds. The van der Waals surface area contributed by atoms with E-state index in [-0.39, 0.29) is 0 Å². The first-order chi connectivity index (χ1) is 11.2. The topological polar surface area (TPSA) is 45.2 Å². The van der Waals surface area contributed by atoms with Crippen molar-refractivity contribution < 1.29 is 14.6 Å². The maximum Gasteiger partial charge on any atom is 0.119 e. The lowest BCUT2D eigenvalue weighted by Gasteiger charge is -2.23. The third kappa shape index (κ3) is 6.37. The molecule has 0 spiro atoms. The quantitative estimate of drug-likeness (QED) is 0.791. The second kappa shape index (κ2) is 9.75.